The monoisotopic (exact) mass is 428 g/mol. The highest BCUT2D eigenvalue weighted by atomic mass is 19.3. The Morgan fingerprint density at radius 1 is 1.00 bits per heavy atom. The van der Waals surface area contributed by atoms with Crippen LogP contribution in [-0.2, 0) is 5.92 Å². The lowest BCUT2D eigenvalue weighted by Gasteiger charge is -2.16. The molecule has 1 aliphatic rings. The van der Waals surface area contributed by atoms with Crippen LogP contribution in [-0.4, -0.2) is 37.6 Å². The molecule has 0 unspecified atom stereocenters. The molecule has 0 spiro atoms. The molecule has 0 radical (unpaired) electrons. The lowest BCUT2D eigenvalue weighted by molar-refractivity contribution is 0.0295. The Morgan fingerprint density at radius 3 is 2.84 bits per heavy atom. The summed E-state index contributed by atoms with van der Waals surface area (Å²) in [5, 5.41) is 13.1. The molecule has 5 rings (SSSR count). The predicted molar refractivity (Wildman–Crippen MR) is 120 cm³/mol. The number of halogens is 2. The highest BCUT2D eigenvalue weighted by molar-refractivity contribution is 5.82. The second-order valence-electron chi connectivity index (χ2n) is 7.24. The third kappa shape index (κ3) is 3.71. The lowest BCUT2D eigenvalue weighted by atomic mass is 10.1. The zero-order valence-corrected chi connectivity index (χ0v) is 16.9. The molecule has 4 aromatic rings. The molecule has 0 atom stereocenters. The number of alkyl halides is 2. The Labute approximate surface area is 182 Å². The molecule has 0 bridgehead atoms. The molecule has 4 heterocycles. The van der Waals surface area contributed by atoms with E-state index in [1.54, 1.807) is 42.8 Å². The Bertz CT molecular complexity index is 1410. The number of aromatic nitrogens is 5. The van der Waals surface area contributed by atoms with Crippen molar-refractivity contribution in [3.8, 4) is 11.3 Å². The van der Waals surface area contributed by atoms with Crippen LogP contribution >= 0.6 is 0 Å². The summed E-state index contributed by atoms with van der Waals surface area (Å²) < 4.78 is 32.2. The molecule has 0 aliphatic carbocycles. The smallest absolute Gasteiger partial charge is 0.289 e. The summed E-state index contributed by atoms with van der Waals surface area (Å²) in [6, 6.07) is 13.0. The van der Waals surface area contributed by atoms with Gasteiger partial charge in [0.15, 0.2) is 5.65 Å². The van der Waals surface area contributed by atoms with Gasteiger partial charge in [0.2, 0.25) is 5.82 Å². The van der Waals surface area contributed by atoms with E-state index in [0.717, 1.165) is 21.0 Å². The maximum absolute atomic E-state index is 15.5. The molecular formula is C24H18F2N6. The summed E-state index contributed by atoms with van der Waals surface area (Å²) in [5.41, 5.74) is 2.14. The van der Waals surface area contributed by atoms with Crippen molar-refractivity contribution in [1.82, 2.24) is 24.8 Å². The molecular weight excluding hydrogens is 410 g/mol. The first-order valence-corrected chi connectivity index (χ1v) is 10.1. The molecule has 3 aromatic heterocycles. The largest absolute Gasteiger partial charge is 0.333 e. The summed E-state index contributed by atoms with van der Waals surface area (Å²) in [6.07, 6.45) is 11.6. The summed E-state index contributed by atoms with van der Waals surface area (Å²) >= 11 is 0. The van der Waals surface area contributed by atoms with Crippen molar-refractivity contribution in [3.63, 3.8) is 0 Å². The van der Waals surface area contributed by atoms with E-state index in [0.29, 0.717) is 18.7 Å². The number of aliphatic imine (C=N–C) groups is 1. The minimum absolute atomic E-state index is 0.173. The van der Waals surface area contributed by atoms with Gasteiger partial charge in [0.05, 0.1) is 17.8 Å². The quantitative estimate of drug-likeness (QED) is 0.463. The molecule has 0 saturated carbocycles. The molecule has 0 saturated heterocycles. The van der Waals surface area contributed by atoms with E-state index in [2.05, 4.69) is 25.3 Å². The summed E-state index contributed by atoms with van der Waals surface area (Å²) in [5.74, 6) is -3.93. The van der Waals surface area contributed by atoms with E-state index >= 15 is 8.78 Å². The van der Waals surface area contributed by atoms with E-state index in [-0.39, 0.29) is 11.2 Å². The minimum atomic E-state index is -3.39. The number of para-hydroxylation sites is 1. The fourth-order valence-corrected chi connectivity index (χ4v) is 3.48. The molecule has 158 valence electrons. The van der Waals surface area contributed by atoms with Crippen LogP contribution in [0.1, 0.15) is 12.2 Å². The number of hydrogen-bond donors (Lipinski definition) is 0. The standard InChI is InChI=1S/C24H18F2N6/c25-24(26,19-8-2-1-5-13-27-14-6-9-19)23-30-29-22-12-11-21(31-32(22)23)18-15-17-7-3-4-10-20(17)28-16-18/h1,3-13,15-16H,2,14H2/b5-1-,9-6?,19-8?,27-13?. The van der Waals surface area contributed by atoms with Crippen molar-refractivity contribution in [2.24, 2.45) is 4.99 Å². The number of hydrogen-bond acceptors (Lipinski definition) is 5. The van der Waals surface area contributed by atoms with Crippen LogP contribution in [0.25, 0.3) is 27.8 Å². The van der Waals surface area contributed by atoms with Gasteiger partial charge in [-0.15, -0.1) is 10.2 Å². The van der Waals surface area contributed by atoms with Gasteiger partial charge in [0, 0.05) is 28.9 Å². The highest BCUT2D eigenvalue weighted by Gasteiger charge is 2.40. The first-order valence-electron chi connectivity index (χ1n) is 10.1. The van der Waals surface area contributed by atoms with Crippen LogP contribution in [0.2, 0.25) is 0 Å². The highest BCUT2D eigenvalue weighted by Crippen LogP contribution is 2.36. The van der Waals surface area contributed by atoms with Crippen molar-refractivity contribution in [2.45, 2.75) is 12.3 Å². The van der Waals surface area contributed by atoms with Crippen molar-refractivity contribution < 1.29 is 8.78 Å². The second kappa shape index (κ2) is 8.22. The van der Waals surface area contributed by atoms with Crippen molar-refractivity contribution in [2.75, 3.05) is 6.54 Å². The Balaban J connectivity index is 1.58. The van der Waals surface area contributed by atoms with E-state index in [1.165, 1.54) is 12.2 Å². The average molecular weight is 428 g/mol. The molecule has 0 amide bonds. The second-order valence-corrected chi connectivity index (χ2v) is 7.24. The summed E-state index contributed by atoms with van der Waals surface area (Å²) in [4.78, 5) is 8.55. The predicted octanol–water partition coefficient (Wildman–Crippen LogP) is 4.94. The summed E-state index contributed by atoms with van der Waals surface area (Å²) in [7, 11) is 0. The Hall–Kier alpha value is -4.07. The van der Waals surface area contributed by atoms with Gasteiger partial charge < -0.3 is 0 Å². The number of fused-ring (bicyclic) bond motifs is 2. The van der Waals surface area contributed by atoms with Crippen molar-refractivity contribution in [1.29, 1.82) is 0 Å². The van der Waals surface area contributed by atoms with E-state index in [4.69, 9.17) is 0 Å². The number of benzene rings is 1. The zero-order chi connectivity index (χ0) is 22.0. The van der Waals surface area contributed by atoms with Gasteiger partial charge in [-0.25, -0.2) is 0 Å². The van der Waals surface area contributed by atoms with Gasteiger partial charge in [-0.3, -0.25) is 9.98 Å². The van der Waals surface area contributed by atoms with Gasteiger partial charge in [-0.2, -0.15) is 18.4 Å². The van der Waals surface area contributed by atoms with Crippen LogP contribution in [0.15, 0.2) is 89.6 Å². The topological polar surface area (TPSA) is 68.3 Å². The van der Waals surface area contributed by atoms with Crippen LogP contribution in [0, 0.1) is 0 Å². The first-order chi connectivity index (χ1) is 15.6. The SMILES string of the molecule is FC(F)(C1=CC/C=C\C=NCC=C1)c1nnc2ccc(-c3cnc4ccccc4c3)nn12. The molecule has 8 heteroatoms. The number of nitrogens with zero attached hydrogens (tertiary/aromatic N) is 6. The maximum atomic E-state index is 15.5. The molecule has 32 heavy (non-hydrogen) atoms. The van der Waals surface area contributed by atoms with Gasteiger partial charge in [0.1, 0.15) is 0 Å². The van der Waals surface area contributed by atoms with Crippen LogP contribution in [0.3, 0.4) is 0 Å². The summed E-state index contributed by atoms with van der Waals surface area (Å²) in [6.45, 7) is 0.315. The van der Waals surface area contributed by atoms with Crippen LogP contribution < -0.4 is 0 Å². The maximum Gasteiger partial charge on any atom is 0.333 e. The number of allylic oxidation sites excluding steroid dienone is 5. The number of rotatable bonds is 3. The third-order valence-corrected chi connectivity index (χ3v) is 5.10. The van der Waals surface area contributed by atoms with Gasteiger partial charge in [0.25, 0.3) is 0 Å². The van der Waals surface area contributed by atoms with E-state index in [9.17, 15) is 0 Å². The third-order valence-electron chi connectivity index (χ3n) is 5.10. The van der Waals surface area contributed by atoms with Crippen LogP contribution in [0.5, 0.6) is 0 Å². The molecule has 0 fully saturated rings. The first kappa shape index (κ1) is 19.9. The zero-order valence-electron chi connectivity index (χ0n) is 16.9. The molecule has 0 N–H and O–H groups in total. The van der Waals surface area contributed by atoms with E-state index < -0.39 is 11.7 Å². The van der Waals surface area contributed by atoms with Crippen molar-refractivity contribution >= 4 is 22.8 Å². The fourth-order valence-electron chi connectivity index (χ4n) is 3.48. The van der Waals surface area contributed by atoms with Crippen molar-refractivity contribution in [3.05, 3.63) is 90.4 Å². The van der Waals surface area contributed by atoms with Gasteiger partial charge in [-0.1, -0.05) is 42.5 Å². The molecule has 6 nitrogen and oxygen atoms in total. The minimum Gasteiger partial charge on any atom is -0.289 e. The fraction of sp³-hybridized carbons (Fsp3) is 0.125. The lowest BCUT2D eigenvalue weighted by Crippen LogP contribution is -2.21. The molecule has 1 aliphatic heterocycles. The van der Waals surface area contributed by atoms with Gasteiger partial charge in [-0.05, 0) is 36.8 Å². The van der Waals surface area contributed by atoms with Gasteiger partial charge >= 0.3 is 5.92 Å². The van der Waals surface area contributed by atoms with Crippen LogP contribution in [0.4, 0.5) is 8.78 Å². The number of pyridine rings is 1. The Kier molecular flexibility index (Phi) is 5.10. The normalized spacial score (nSPS) is 15.8. The van der Waals surface area contributed by atoms with E-state index in [1.807, 2.05) is 30.3 Å². The molecule has 1 aromatic carbocycles. The average Bonchev–Trinajstić information content (AvgIpc) is 3.26. The Morgan fingerprint density at radius 2 is 1.91 bits per heavy atom.